The number of halogens is 1. The molecule has 3 aromatic carbocycles. The zero-order valence-electron chi connectivity index (χ0n) is 18.2. The lowest BCUT2D eigenvalue weighted by molar-refractivity contribution is -0.114. The molecule has 9 nitrogen and oxygen atoms in total. The van der Waals surface area contributed by atoms with Gasteiger partial charge in [0.15, 0.2) is 0 Å². The summed E-state index contributed by atoms with van der Waals surface area (Å²) in [4.78, 5) is 12.6. The number of benzene rings is 3. The van der Waals surface area contributed by atoms with Crippen molar-refractivity contribution < 1.29 is 26.4 Å². The molecule has 3 aromatic rings. The molecule has 0 heterocycles. The van der Waals surface area contributed by atoms with Crippen LogP contribution in [0.5, 0.6) is 5.75 Å². The maximum atomic E-state index is 12.6. The molecule has 2 N–H and O–H groups in total. The Morgan fingerprint density at radius 2 is 1.50 bits per heavy atom. The smallest absolute Gasteiger partial charge is 0.261 e. The van der Waals surface area contributed by atoms with Crippen LogP contribution in [-0.2, 0) is 24.8 Å². The van der Waals surface area contributed by atoms with E-state index < -0.39 is 32.5 Å². The average Bonchev–Trinajstić information content (AvgIpc) is 2.78. The number of methoxy groups -OCH3 is 1. The van der Waals surface area contributed by atoms with Crippen molar-refractivity contribution in [3.8, 4) is 5.75 Å². The van der Waals surface area contributed by atoms with E-state index in [0.717, 1.165) is 15.0 Å². The van der Waals surface area contributed by atoms with Crippen LogP contribution in [0.2, 0.25) is 0 Å². The first kappa shape index (κ1) is 25.5. The molecular weight excluding hydrogens is 546 g/mol. The summed E-state index contributed by atoms with van der Waals surface area (Å²) in [5.74, 6) is -0.312. The van der Waals surface area contributed by atoms with E-state index in [4.69, 9.17) is 4.74 Å². The molecule has 3 rings (SSSR count). The highest BCUT2D eigenvalue weighted by Gasteiger charge is 2.24. The third-order valence-corrected chi connectivity index (χ3v) is 7.64. The van der Waals surface area contributed by atoms with Gasteiger partial charge in [-0.25, -0.2) is 16.8 Å². The van der Waals surface area contributed by atoms with Crippen LogP contribution in [0.15, 0.2) is 82.2 Å². The Morgan fingerprint density at radius 1 is 0.912 bits per heavy atom. The highest BCUT2D eigenvalue weighted by atomic mass is 79.9. The van der Waals surface area contributed by atoms with Crippen molar-refractivity contribution in [2.45, 2.75) is 4.90 Å². The maximum Gasteiger partial charge on any atom is 0.261 e. The summed E-state index contributed by atoms with van der Waals surface area (Å²) in [6.45, 7) is -0.496. The third-order valence-electron chi connectivity index (χ3n) is 4.59. The van der Waals surface area contributed by atoms with E-state index in [9.17, 15) is 21.6 Å². The summed E-state index contributed by atoms with van der Waals surface area (Å²) >= 11 is 3.29. The van der Waals surface area contributed by atoms with Crippen LogP contribution < -0.4 is 19.1 Å². The summed E-state index contributed by atoms with van der Waals surface area (Å²) in [5, 5.41) is 2.58. The van der Waals surface area contributed by atoms with Gasteiger partial charge in [0.2, 0.25) is 15.9 Å². The summed E-state index contributed by atoms with van der Waals surface area (Å²) in [5.41, 5.74) is 0.932. The molecule has 0 fully saturated rings. The molecule has 0 radical (unpaired) electrons. The minimum Gasteiger partial charge on any atom is -0.495 e. The fourth-order valence-electron chi connectivity index (χ4n) is 3.00. The first-order chi connectivity index (χ1) is 16.0. The van der Waals surface area contributed by atoms with Gasteiger partial charge in [-0.2, -0.15) is 0 Å². The Balaban J connectivity index is 1.73. The second kappa shape index (κ2) is 10.5. The molecule has 0 atom stereocenters. The number of carbonyl (C=O) groups excluding carboxylic acids is 1. The molecular formula is C22H22BrN3O6S2. The van der Waals surface area contributed by atoms with E-state index in [2.05, 4.69) is 26.0 Å². The monoisotopic (exact) mass is 567 g/mol. The zero-order chi connectivity index (χ0) is 24.9. The Bertz CT molecular complexity index is 1380. The molecule has 0 saturated heterocycles. The minimum absolute atomic E-state index is 0.000187. The molecule has 0 unspecified atom stereocenters. The van der Waals surface area contributed by atoms with Crippen LogP contribution in [-0.4, -0.2) is 42.7 Å². The lowest BCUT2D eigenvalue weighted by atomic mass is 10.3. The number of sulfonamides is 2. The van der Waals surface area contributed by atoms with Crippen molar-refractivity contribution in [2.24, 2.45) is 0 Å². The average molecular weight is 568 g/mol. The van der Waals surface area contributed by atoms with Gasteiger partial charge in [-0.3, -0.25) is 13.8 Å². The normalized spacial score (nSPS) is 11.5. The van der Waals surface area contributed by atoms with E-state index in [0.29, 0.717) is 17.1 Å². The molecule has 34 heavy (non-hydrogen) atoms. The zero-order valence-corrected chi connectivity index (χ0v) is 21.4. The number of amides is 1. The molecule has 0 spiro atoms. The van der Waals surface area contributed by atoms with E-state index in [1.54, 1.807) is 42.5 Å². The van der Waals surface area contributed by atoms with Crippen molar-refractivity contribution in [3.05, 3.63) is 77.3 Å². The first-order valence-electron chi connectivity index (χ1n) is 9.78. The molecule has 0 saturated carbocycles. The number of hydrogen-bond acceptors (Lipinski definition) is 6. The van der Waals surface area contributed by atoms with Gasteiger partial charge in [-0.05, 0) is 60.7 Å². The highest BCUT2D eigenvalue weighted by Crippen LogP contribution is 2.29. The van der Waals surface area contributed by atoms with Crippen LogP contribution >= 0.6 is 15.9 Å². The van der Waals surface area contributed by atoms with Crippen molar-refractivity contribution in [1.82, 2.24) is 0 Å². The molecule has 0 aliphatic rings. The van der Waals surface area contributed by atoms with Crippen molar-refractivity contribution in [1.29, 1.82) is 0 Å². The Hall–Kier alpha value is -3.09. The van der Waals surface area contributed by atoms with Crippen molar-refractivity contribution >= 4 is 58.9 Å². The maximum absolute atomic E-state index is 12.6. The number of rotatable bonds is 9. The third kappa shape index (κ3) is 6.49. The fraction of sp³-hybridized carbons (Fsp3) is 0.136. The van der Waals surface area contributed by atoms with Gasteiger partial charge in [-0.1, -0.05) is 28.1 Å². The molecule has 1 amide bonds. The second-order valence-corrected chi connectivity index (χ2v) is 11.6. The first-order valence-corrected chi connectivity index (χ1v) is 13.9. The number of nitrogens with one attached hydrogen (secondary N) is 2. The lowest BCUT2D eigenvalue weighted by Crippen LogP contribution is -2.37. The quantitative estimate of drug-likeness (QED) is 0.407. The molecule has 0 bridgehead atoms. The number of hydrogen-bond donors (Lipinski definition) is 2. The van der Waals surface area contributed by atoms with Gasteiger partial charge in [0.25, 0.3) is 10.0 Å². The molecule has 180 valence electrons. The van der Waals surface area contributed by atoms with Gasteiger partial charge in [0.05, 0.1) is 23.9 Å². The molecule has 0 aliphatic heterocycles. The fourth-order valence-corrected chi connectivity index (χ4v) is 5.18. The van der Waals surface area contributed by atoms with E-state index in [1.165, 1.54) is 37.4 Å². The second-order valence-electron chi connectivity index (χ2n) is 7.13. The van der Waals surface area contributed by atoms with Crippen LogP contribution in [0.4, 0.5) is 17.1 Å². The van der Waals surface area contributed by atoms with Crippen molar-refractivity contribution in [3.63, 3.8) is 0 Å². The van der Waals surface area contributed by atoms with Crippen LogP contribution in [0.25, 0.3) is 0 Å². The number of anilines is 3. The standard InChI is InChI=1S/C22H22BrN3O6S2/c1-32-21-6-4-3-5-20(21)26(33(2,28)29)15-22(27)24-17-11-13-19(14-12-17)34(30,31)25-18-9-7-16(23)8-10-18/h3-14,25H,15H2,1-2H3,(H,24,27). The van der Waals surface area contributed by atoms with Gasteiger partial charge in [0.1, 0.15) is 12.3 Å². The molecule has 0 aliphatic carbocycles. The summed E-state index contributed by atoms with van der Waals surface area (Å²) in [6.07, 6.45) is 0.991. The lowest BCUT2D eigenvalue weighted by Gasteiger charge is -2.23. The van der Waals surface area contributed by atoms with E-state index in [-0.39, 0.29) is 10.6 Å². The predicted octanol–water partition coefficient (Wildman–Crippen LogP) is 3.66. The minimum atomic E-state index is -3.83. The van der Waals surface area contributed by atoms with Gasteiger partial charge >= 0.3 is 0 Å². The number of carbonyl (C=O) groups is 1. The number of ether oxygens (including phenoxy) is 1. The van der Waals surface area contributed by atoms with Crippen LogP contribution in [0.1, 0.15) is 0 Å². The van der Waals surface area contributed by atoms with E-state index in [1.807, 2.05) is 0 Å². The van der Waals surface area contributed by atoms with Gasteiger partial charge < -0.3 is 10.1 Å². The number of para-hydroxylation sites is 2. The number of nitrogens with zero attached hydrogens (tertiary/aromatic N) is 1. The Kier molecular flexibility index (Phi) is 7.85. The highest BCUT2D eigenvalue weighted by molar-refractivity contribution is 9.10. The Labute approximate surface area is 207 Å². The van der Waals surface area contributed by atoms with Gasteiger partial charge in [-0.15, -0.1) is 0 Å². The summed E-state index contributed by atoms with van der Waals surface area (Å²) in [6, 6.07) is 18.6. The summed E-state index contributed by atoms with van der Waals surface area (Å²) < 4.78 is 59.3. The summed E-state index contributed by atoms with van der Waals surface area (Å²) in [7, 11) is -6.22. The van der Waals surface area contributed by atoms with E-state index >= 15 is 0 Å². The van der Waals surface area contributed by atoms with Crippen LogP contribution in [0.3, 0.4) is 0 Å². The predicted molar refractivity (Wildman–Crippen MR) is 135 cm³/mol. The van der Waals surface area contributed by atoms with Gasteiger partial charge in [0, 0.05) is 15.8 Å². The SMILES string of the molecule is COc1ccccc1N(CC(=O)Nc1ccc(S(=O)(=O)Nc2ccc(Br)cc2)cc1)S(C)(=O)=O. The molecule has 0 aromatic heterocycles. The largest absolute Gasteiger partial charge is 0.495 e. The van der Waals surface area contributed by atoms with Crippen LogP contribution in [0, 0.1) is 0 Å². The van der Waals surface area contributed by atoms with Crippen molar-refractivity contribution in [2.75, 3.05) is 34.3 Å². The topological polar surface area (TPSA) is 122 Å². The Morgan fingerprint density at radius 3 is 2.09 bits per heavy atom. The molecule has 12 heteroatoms.